The number of nitrogens with two attached hydrogens (primary N) is 1. The summed E-state index contributed by atoms with van der Waals surface area (Å²) in [5.41, 5.74) is 7.85. The van der Waals surface area contributed by atoms with Crippen molar-refractivity contribution < 1.29 is 8.60 Å². The molecule has 3 aromatic rings. The number of nitrogens with one attached hydrogen (secondary N) is 1. The van der Waals surface area contributed by atoms with Gasteiger partial charge in [0.05, 0.1) is 32.5 Å². The average Bonchev–Trinajstić information content (AvgIpc) is 2.80. The van der Waals surface area contributed by atoms with Gasteiger partial charge in [-0.05, 0) is 30.3 Å². The number of nitrogen functional groups attached to an aromatic ring is 1. The monoisotopic (exact) mass is 289 g/mol. The van der Waals surface area contributed by atoms with Gasteiger partial charge in [0, 0.05) is 5.69 Å². The number of imidazole rings is 1. The molecule has 0 aliphatic rings. The van der Waals surface area contributed by atoms with E-state index in [1.54, 1.807) is 30.3 Å². The summed E-state index contributed by atoms with van der Waals surface area (Å²) in [6, 6.07) is 11.4. The number of nitrogens with zero attached hydrogens (tertiary/aromatic N) is 1. The molecule has 3 N–H and O–H groups in total. The molecule has 1 heterocycles. The minimum atomic E-state index is -1.48. The van der Waals surface area contributed by atoms with Crippen LogP contribution < -0.4 is 5.73 Å². The summed E-state index contributed by atoms with van der Waals surface area (Å²) < 4.78 is 25.7. The Balaban J connectivity index is 1.89. The van der Waals surface area contributed by atoms with E-state index in [1.165, 1.54) is 12.1 Å². The first kappa shape index (κ1) is 12.8. The van der Waals surface area contributed by atoms with E-state index in [0.717, 1.165) is 11.0 Å². The first-order valence-corrected chi connectivity index (χ1v) is 7.32. The SMILES string of the molecule is Nc1ccc2nc(CS(=O)c3ccccc3F)[nH]c2c1. The zero-order valence-electron chi connectivity index (χ0n) is 10.5. The molecule has 0 radical (unpaired) electrons. The zero-order valence-corrected chi connectivity index (χ0v) is 11.3. The smallest absolute Gasteiger partial charge is 0.139 e. The number of H-pyrrole nitrogens is 1. The number of aromatic nitrogens is 2. The van der Waals surface area contributed by atoms with Gasteiger partial charge in [0.2, 0.25) is 0 Å². The molecular weight excluding hydrogens is 277 g/mol. The summed E-state index contributed by atoms with van der Waals surface area (Å²) in [6.07, 6.45) is 0. The lowest BCUT2D eigenvalue weighted by Crippen LogP contribution is -2.00. The topological polar surface area (TPSA) is 71.8 Å². The van der Waals surface area contributed by atoms with Crippen molar-refractivity contribution in [3.63, 3.8) is 0 Å². The van der Waals surface area contributed by atoms with Gasteiger partial charge in [-0.25, -0.2) is 9.37 Å². The third kappa shape index (κ3) is 2.42. The number of aromatic amines is 1. The minimum Gasteiger partial charge on any atom is -0.399 e. The van der Waals surface area contributed by atoms with Crippen molar-refractivity contribution in [3.05, 3.63) is 54.1 Å². The predicted molar refractivity (Wildman–Crippen MR) is 77.0 cm³/mol. The molecule has 3 rings (SSSR count). The molecule has 6 heteroatoms. The highest BCUT2D eigenvalue weighted by molar-refractivity contribution is 7.84. The van der Waals surface area contributed by atoms with Crippen LogP contribution in [0.4, 0.5) is 10.1 Å². The van der Waals surface area contributed by atoms with Gasteiger partial charge in [-0.1, -0.05) is 12.1 Å². The number of anilines is 1. The van der Waals surface area contributed by atoms with E-state index in [0.29, 0.717) is 11.5 Å². The molecule has 20 heavy (non-hydrogen) atoms. The summed E-state index contributed by atoms with van der Waals surface area (Å²) in [4.78, 5) is 7.56. The Hall–Kier alpha value is -2.21. The highest BCUT2D eigenvalue weighted by atomic mass is 32.2. The van der Waals surface area contributed by atoms with Gasteiger partial charge in [-0.3, -0.25) is 4.21 Å². The molecule has 1 aromatic heterocycles. The fourth-order valence-corrected chi connectivity index (χ4v) is 3.04. The summed E-state index contributed by atoms with van der Waals surface area (Å²) in [5, 5.41) is 0. The van der Waals surface area contributed by atoms with E-state index in [4.69, 9.17) is 5.73 Å². The Morgan fingerprint density at radius 1 is 1.25 bits per heavy atom. The maximum atomic E-state index is 13.6. The highest BCUT2D eigenvalue weighted by Crippen LogP contribution is 2.18. The number of hydrogen-bond donors (Lipinski definition) is 2. The first-order valence-electron chi connectivity index (χ1n) is 6.00. The van der Waals surface area contributed by atoms with Crippen LogP contribution in [0.25, 0.3) is 11.0 Å². The minimum absolute atomic E-state index is 0.134. The van der Waals surface area contributed by atoms with Crippen LogP contribution in [0.2, 0.25) is 0 Å². The number of rotatable bonds is 3. The Morgan fingerprint density at radius 2 is 2.05 bits per heavy atom. The fourth-order valence-electron chi connectivity index (χ4n) is 1.98. The van der Waals surface area contributed by atoms with Crippen molar-refractivity contribution in [2.24, 2.45) is 0 Å². The van der Waals surface area contributed by atoms with E-state index >= 15 is 0 Å². The Bertz CT molecular complexity index is 800. The van der Waals surface area contributed by atoms with Gasteiger partial charge >= 0.3 is 0 Å². The molecule has 1 atom stereocenters. The van der Waals surface area contributed by atoms with Crippen LogP contribution >= 0.6 is 0 Å². The van der Waals surface area contributed by atoms with Crippen LogP contribution in [0, 0.1) is 5.82 Å². The van der Waals surface area contributed by atoms with Gasteiger partial charge in [-0.15, -0.1) is 0 Å². The fraction of sp³-hybridized carbons (Fsp3) is 0.0714. The van der Waals surface area contributed by atoms with Crippen molar-refractivity contribution in [2.75, 3.05) is 5.73 Å². The standard InChI is InChI=1S/C14H12FN3OS/c15-10-3-1-2-4-13(10)20(19)8-14-17-11-6-5-9(16)7-12(11)18-14/h1-7H,8,16H2,(H,17,18). The molecule has 0 bridgehead atoms. The molecule has 102 valence electrons. The van der Waals surface area contributed by atoms with Gasteiger partial charge in [-0.2, -0.15) is 0 Å². The van der Waals surface area contributed by atoms with Crippen molar-refractivity contribution >= 4 is 27.5 Å². The van der Waals surface area contributed by atoms with Crippen LogP contribution in [0.1, 0.15) is 5.82 Å². The second kappa shape index (κ2) is 5.05. The third-order valence-corrected chi connectivity index (χ3v) is 4.26. The second-order valence-electron chi connectivity index (χ2n) is 4.38. The molecule has 0 saturated carbocycles. The molecule has 1 unspecified atom stereocenters. The summed E-state index contributed by atoms with van der Waals surface area (Å²) in [7, 11) is -1.48. The predicted octanol–water partition coefficient (Wildman–Crippen LogP) is 2.59. The zero-order chi connectivity index (χ0) is 14.1. The lowest BCUT2D eigenvalue weighted by atomic mass is 10.3. The summed E-state index contributed by atoms with van der Waals surface area (Å²) in [6.45, 7) is 0. The number of hydrogen-bond acceptors (Lipinski definition) is 3. The molecule has 0 aliphatic heterocycles. The quantitative estimate of drug-likeness (QED) is 0.728. The molecule has 0 aliphatic carbocycles. The largest absolute Gasteiger partial charge is 0.399 e. The summed E-state index contributed by atoms with van der Waals surface area (Å²) in [5.74, 6) is 0.216. The molecule has 0 amide bonds. The van der Waals surface area contributed by atoms with E-state index < -0.39 is 16.6 Å². The number of fused-ring (bicyclic) bond motifs is 1. The second-order valence-corrected chi connectivity index (χ2v) is 5.80. The normalized spacial score (nSPS) is 12.7. The Kier molecular flexibility index (Phi) is 3.23. The maximum absolute atomic E-state index is 13.6. The van der Waals surface area contributed by atoms with Crippen LogP contribution in [0.3, 0.4) is 0 Å². The van der Waals surface area contributed by atoms with Gasteiger partial charge in [0.25, 0.3) is 0 Å². The summed E-state index contributed by atoms with van der Waals surface area (Å²) >= 11 is 0. The molecule has 4 nitrogen and oxygen atoms in total. The first-order chi connectivity index (χ1) is 9.63. The molecule has 0 fully saturated rings. The molecule has 0 spiro atoms. The molecule has 2 aromatic carbocycles. The van der Waals surface area contributed by atoms with Crippen LogP contribution in [-0.4, -0.2) is 14.2 Å². The van der Waals surface area contributed by atoms with Gasteiger partial charge < -0.3 is 10.7 Å². The van der Waals surface area contributed by atoms with Crippen molar-refractivity contribution in [3.8, 4) is 0 Å². The van der Waals surface area contributed by atoms with E-state index in [2.05, 4.69) is 9.97 Å². The lowest BCUT2D eigenvalue weighted by Gasteiger charge is -2.01. The van der Waals surface area contributed by atoms with E-state index in [-0.39, 0.29) is 10.6 Å². The Morgan fingerprint density at radius 3 is 2.85 bits per heavy atom. The van der Waals surface area contributed by atoms with E-state index in [1.807, 2.05) is 0 Å². The Labute approximate surface area is 117 Å². The number of halogens is 1. The maximum Gasteiger partial charge on any atom is 0.139 e. The van der Waals surface area contributed by atoms with Crippen molar-refractivity contribution in [2.45, 2.75) is 10.6 Å². The highest BCUT2D eigenvalue weighted by Gasteiger charge is 2.12. The molecule has 0 saturated heterocycles. The van der Waals surface area contributed by atoms with Gasteiger partial charge in [0.15, 0.2) is 0 Å². The van der Waals surface area contributed by atoms with Crippen LogP contribution in [-0.2, 0) is 16.6 Å². The third-order valence-electron chi connectivity index (χ3n) is 2.90. The van der Waals surface area contributed by atoms with Crippen molar-refractivity contribution in [1.82, 2.24) is 9.97 Å². The molecular formula is C14H12FN3OS. The lowest BCUT2D eigenvalue weighted by molar-refractivity contribution is 0.595. The van der Waals surface area contributed by atoms with E-state index in [9.17, 15) is 8.60 Å². The van der Waals surface area contributed by atoms with Crippen molar-refractivity contribution in [1.29, 1.82) is 0 Å². The van der Waals surface area contributed by atoms with Crippen LogP contribution in [0.5, 0.6) is 0 Å². The van der Waals surface area contributed by atoms with Gasteiger partial charge in [0.1, 0.15) is 11.6 Å². The number of benzene rings is 2. The van der Waals surface area contributed by atoms with Crippen LogP contribution in [0.15, 0.2) is 47.4 Å². The average molecular weight is 289 g/mol.